The van der Waals surface area contributed by atoms with Crippen molar-refractivity contribution in [3.8, 4) is 0 Å². The summed E-state index contributed by atoms with van der Waals surface area (Å²) in [5.41, 5.74) is 1.72. The van der Waals surface area contributed by atoms with E-state index in [9.17, 15) is 4.21 Å². The Balaban J connectivity index is 1.93. The molecule has 0 aliphatic heterocycles. The fourth-order valence-electron chi connectivity index (χ4n) is 2.95. The van der Waals surface area contributed by atoms with Gasteiger partial charge >= 0.3 is 0 Å². The van der Waals surface area contributed by atoms with E-state index >= 15 is 0 Å². The molecule has 2 nitrogen and oxygen atoms in total. The molecule has 1 aromatic rings. The Morgan fingerprint density at radius 1 is 1.37 bits per heavy atom. The second-order valence-corrected chi connectivity index (χ2v) is 8.09. The SMILES string of the molecule is C[C@H](CN[C@@H]1C[C@H](c2ccccc2)C1(C)C)[S@](C)=O. The lowest BCUT2D eigenvalue weighted by Gasteiger charge is -2.53. The first-order valence-electron chi connectivity index (χ1n) is 7.03. The molecule has 0 aromatic heterocycles. The van der Waals surface area contributed by atoms with Crippen molar-refractivity contribution in [1.29, 1.82) is 0 Å². The lowest BCUT2D eigenvalue weighted by atomic mass is 9.56. The molecule has 2 rings (SSSR count). The van der Waals surface area contributed by atoms with Crippen molar-refractivity contribution in [2.24, 2.45) is 5.41 Å². The molecule has 1 aromatic carbocycles. The number of nitrogens with one attached hydrogen (secondary N) is 1. The predicted molar refractivity (Wildman–Crippen MR) is 82.9 cm³/mol. The van der Waals surface area contributed by atoms with Crippen molar-refractivity contribution < 1.29 is 4.21 Å². The Hall–Kier alpha value is -0.670. The molecule has 0 saturated heterocycles. The van der Waals surface area contributed by atoms with E-state index < -0.39 is 10.8 Å². The molecule has 1 fully saturated rings. The number of benzene rings is 1. The number of rotatable bonds is 5. The summed E-state index contributed by atoms with van der Waals surface area (Å²) in [6.07, 6.45) is 2.96. The molecule has 0 unspecified atom stereocenters. The third kappa shape index (κ3) is 3.09. The zero-order chi connectivity index (χ0) is 14.0. The first-order valence-corrected chi connectivity index (χ1v) is 8.65. The summed E-state index contributed by atoms with van der Waals surface area (Å²) in [6, 6.07) is 11.3. The topological polar surface area (TPSA) is 29.1 Å². The maximum atomic E-state index is 11.4. The van der Waals surface area contributed by atoms with E-state index in [1.54, 1.807) is 6.26 Å². The van der Waals surface area contributed by atoms with Crippen LogP contribution < -0.4 is 5.32 Å². The Labute approximate surface area is 119 Å². The third-order valence-electron chi connectivity index (χ3n) is 4.69. The van der Waals surface area contributed by atoms with Gasteiger partial charge in [-0.25, -0.2) is 0 Å². The van der Waals surface area contributed by atoms with Gasteiger partial charge < -0.3 is 5.32 Å². The molecule has 106 valence electrons. The molecule has 3 heteroatoms. The molecule has 0 heterocycles. The third-order valence-corrected chi connectivity index (χ3v) is 5.99. The monoisotopic (exact) mass is 279 g/mol. The van der Waals surface area contributed by atoms with Crippen molar-refractivity contribution in [1.82, 2.24) is 5.32 Å². The average molecular weight is 279 g/mol. The number of hydrogen-bond donors (Lipinski definition) is 1. The Kier molecular flexibility index (Phi) is 4.46. The summed E-state index contributed by atoms with van der Waals surface area (Å²) in [5.74, 6) is 0.633. The first kappa shape index (κ1) is 14.7. The Bertz CT molecular complexity index is 443. The highest BCUT2D eigenvalue weighted by Gasteiger charge is 2.48. The largest absolute Gasteiger partial charge is 0.312 e. The van der Waals surface area contributed by atoms with E-state index in [0.29, 0.717) is 12.0 Å². The Morgan fingerprint density at radius 3 is 2.53 bits per heavy atom. The summed E-state index contributed by atoms with van der Waals surface area (Å²) < 4.78 is 11.4. The van der Waals surface area contributed by atoms with Crippen molar-refractivity contribution in [2.75, 3.05) is 12.8 Å². The van der Waals surface area contributed by atoms with Crippen LogP contribution in [0.3, 0.4) is 0 Å². The van der Waals surface area contributed by atoms with Gasteiger partial charge in [0.05, 0.1) is 0 Å². The molecule has 19 heavy (non-hydrogen) atoms. The van der Waals surface area contributed by atoms with Crippen LogP contribution in [0.4, 0.5) is 0 Å². The van der Waals surface area contributed by atoms with E-state index in [1.165, 1.54) is 12.0 Å². The zero-order valence-electron chi connectivity index (χ0n) is 12.3. The first-order chi connectivity index (χ1) is 8.93. The minimum Gasteiger partial charge on any atom is -0.312 e. The van der Waals surface area contributed by atoms with Gasteiger partial charge in [-0.1, -0.05) is 44.2 Å². The van der Waals surface area contributed by atoms with Crippen LogP contribution in [0.5, 0.6) is 0 Å². The van der Waals surface area contributed by atoms with Crippen LogP contribution in [0, 0.1) is 5.41 Å². The molecule has 1 aliphatic carbocycles. The molecule has 0 amide bonds. The highest BCUT2D eigenvalue weighted by atomic mass is 32.2. The van der Waals surface area contributed by atoms with E-state index in [0.717, 1.165) is 6.54 Å². The normalized spacial score (nSPS) is 28.4. The summed E-state index contributed by atoms with van der Waals surface area (Å²) >= 11 is 0. The lowest BCUT2D eigenvalue weighted by molar-refractivity contribution is 0.0697. The molecular formula is C16H25NOS. The van der Waals surface area contributed by atoms with Crippen molar-refractivity contribution in [3.63, 3.8) is 0 Å². The summed E-state index contributed by atoms with van der Waals surface area (Å²) in [5, 5.41) is 3.83. The van der Waals surface area contributed by atoms with Gasteiger partial charge in [0, 0.05) is 34.9 Å². The van der Waals surface area contributed by atoms with Gasteiger partial charge in [-0.2, -0.15) is 0 Å². The van der Waals surface area contributed by atoms with Crippen LogP contribution in [0.2, 0.25) is 0 Å². The molecule has 1 aliphatic rings. The van der Waals surface area contributed by atoms with Crippen molar-refractivity contribution >= 4 is 10.8 Å². The quantitative estimate of drug-likeness (QED) is 0.898. The van der Waals surface area contributed by atoms with Crippen LogP contribution in [-0.2, 0) is 10.8 Å². The maximum absolute atomic E-state index is 11.4. The minimum absolute atomic E-state index is 0.228. The van der Waals surface area contributed by atoms with Gasteiger partial charge in [0.25, 0.3) is 0 Å². The second kappa shape index (κ2) is 5.76. The van der Waals surface area contributed by atoms with Crippen molar-refractivity contribution in [3.05, 3.63) is 35.9 Å². The average Bonchev–Trinajstić information content (AvgIpc) is 2.38. The van der Waals surface area contributed by atoms with Crippen LogP contribution >= 0.6 is 0 Å². The highest BCUT2D eigenvalue weighted by molar-refractivity contribution is 7.84. The fourth-order valence-corrected chi connectivity index (χ4v) is 3.28. The molecule has 0 radical (unpaired) electrons. The van der Waals surface area contributed by atoms with Crippen LogP contribution in [-0.4, -0.2) is 28.3 Å². The van der Waals surface area contributed by atoms with Gasteiger partial charge in [0.15, 0.2) is 0 Å². The lowest BCUT2D eigenvalue weighted by Crippen LogP contribution is -2.56. The number of hydrogen-bond acceptors (Lipinski definition) is 2. The van der Waals surface area contributed by atoms with Gasteiger partial charge in [0.1, 0.15) is 0 Å². The van der Waals surface area contributed by atoms with Crippen LogP contribution in [0.15, 0.2) is 30.3 Å². The van der Waals surface area contributed by atoms with E-state index in [4.69, 9.17) is 0 Å². The van der Waals surface area contributed by atoms with E-state index in [-0.39, 0.29) is 10.7 Å². The Morgan fingerprint density at radius 2 is 2.00 bits per heavy atom. The summed E-state index contributed by atoms with van der Waals surface area (Å²) in [6.45, 7) is 7.56. The van der Waals surface area contributed by atoms with Crippen LogP contribution in [0.1, 0.15) is 38.7 Å². The molecule has 1 N–H and O–H groups in total. The van der Waals surface area contributed by atoms with Gasteiger partial charge in [-0.3, -0.25) is 4.21 Å². The highest BCUT2D eigenvalue weighted by Crippen LogP contribution is 2.52. The molecule has 4 atom stereocenters. The zero-order valence-corrected chi connectivity index (χ0v) is 13.2. The van der Waals surface area contributed by atoms with E-state index in [2.05, 4.69) is 49.5 Å². The summed E-state index contributed by atoms with van der Waals surface area (Å²) in [7, 11) is -0.737. The predicted octanol–water partition coefficient (Wildman–Crippen LogP) is 2.93. The van der Waals surface area contributed by atoms with Gasteiger partial charge in [0.2, 0.25) is 0 Å². The fraction of sp³-hybridized carbons (Fsp3) is 0.625. The minimum atomic E-state index is -0.737. The van der Waals surface area contributed by atoms with E-state index in [1.807, 2.05) is 6.92 Å². The molecule has 0 bridgehead atoms. The maximum Gasteiger partial charge on any atom is 0.0441 e. The summed E-state index contributed by atoms with van der Waals surface area (Å²) in [4.78, 5) is 0. The molecular weight excluding hydrogens is 254 g/mol. The standard InChI is InChI=1S/C16H25NOS/c1-12(19(4)18)11-17-15-10-14(16(15,2)3)13-8-6-5-7-9-13/h5-9,12,14-15,17H,10-11H2,1-4H3/t12-,14-,15-,19+/m1/s1. The molecule has 0 spiro atoms. The smallest absolute Gasteiger partial charge is 0.0441 e. The van der Waals surface area contributed by atoms with Crippen molar-refractivity contribution in [2.45, 2.75) is 44.4 Å². The van der Waals surface area contributed by atoms with Gasteiger partial charge in [-0.15, -0.1) is 0 Å². The van der Waals surface area contributed by atoms with Crippen LogP contribution in [0.25, 0.3) is 0 Å². The van der Waals surface area contributed by atoms with Gasteiger partial charge in [-0.05, 0) is 30.2 Å². The molecule has 1 saturated carbocycles. The second-order valence-electron chi connectivity index (χ2n) is 6.29.